The highest BCUT2D eigenvalue weighted by molar-refractivity contribution is 9.09. The Bertz CT molecular complexity index is 426. The Morgan fingerprint density at radius 1 is 1.32 bits per heavy atom. The van der Waals surface area contributed by atoms with Gasteiger partial charge in [-0.3, -0.25) is 4.79 Å². The molecule has 1 aliphatic carbocycles. The Labute approximate surface area is 124 Å². The van der Waals surface area contributed by atoms with E-state index in [1.165, 1.54) is 6.42 Å². The molecule has 0 heterocycles. The first-order valence-electron chi connectivity index (χ1n) is 7.00. The maximum absolute atomic E-state index is 12.9. The Morgan fingerprint density at radius 3 is 2.42 bits per heavy atom. The highest BCUT2D eigenvalue weighted by Gasteiger charge is 2.37. The standard InChI is InChI=1S/C16H22BrNO/c1-16(2,13-7-4-3-5-8-13)15(19)18(12-11-17)14-9-6-10-14/h3-5,7-8,14H,6,9-12H2,1-2H3. The molecule has 0 N–H and O–H groups in total. The maximum atomic E-state index is 12.9. The molecule has 1 saturated carbocycles. The normalized spacial score (nSPS) is 15.9. The predicted molar refractivity (Wildman–Crippen MR) is 82.6 cm³/mol. The van der Waals surface area contributed by atoms with Crippen molar-refractivity contribution in [3.8, 4) is 0 Å². The third kappa shape index (κ3) is 3.02. The number of nitrogens with zero attached hydrogens (tertiary/aromatic N) is 1. The fourth-order valence-corrected chi connectivity index (χ4v) is 2.96. The first-order chi connectivity index (χ1) is 9.07. The molecule has 1 aromatic rings. The van der Waals surface area contributed by atoms with E-state index < -0.39 is 5.41 Å². The predicted octanol–water partition coefficient (Wildman–Crippen LogP) is 3.74. The zero-order valence-electron chi connectivity index (χ0n) is 11.7. The highest BCUT2D eigenvalue weighted by Crippen LogP contribution is 2.31. The van der Waals surface area contributed by atoms with Crippen molar-refractivity contribution in [2.24, 2.45) is 0 Å². The smallest absolute Gasteiger partial charge is 0.232 e. The Balaban J connectivity index is 2.20. The molecule has 0 saturated heterocycles. The summed E-state index contributed by atoms with van der Waals surface area (Å²) in [5, 5.41) is 0.847. The average Bonchev–Trinajstić information content (AvgIpc) is 2.36. The second-order valence-electron chi connectivity index (χ2n) is 5.76. The van der Waals surface area contributed by atoms with Crippen LogP contribution >= 0.6 is 15.9 Å². The number of halogens is 1. The molecule has 104 valence electrons. The van der Waals surface area contributed by atoms with Gasteiger partial charge < -0.3 is 4.90 Å². The van der Waals surface area contributed by atoms with Gasteiger partial charge in [-0.25, -0.2) is 0 Å². The quantitative estimate of drug-likeness (QED) is 0.756. The SMILES string of the molecule is CC(C)(C(=O)N(CCBr)C1CCC1)c1ccccc1. The Kier molecular flexibility index (Phi) is 4.67. The van der Waals surface area contributed by atoms with Crippen LogP contribution in [0.2, 0.25) is 0 Å². The average molecular weight is 324 g/mol. The van der Waals surface area contributed by atoms with Gasteiger partial charge in [-0.1, -0.05) is 46.3 Å². The van der Waals surface area contributed by atoms with Crippen LogP contribution in [0.5, 0.6) is 0 Å². The van der Waals surface area contributed by atoms with E-state index in [1.807, 2.05) is 44.2 Å². The third-order valence-electron chi connectivity index (χ3n) is 4.13. The van der Waals surface area contributed by atoms with E-state index in [9.17, 15) is 4.79 Å². The monoisotopic (exact) mass is 323 g/mol. The number of benzene rings is 1. The highest BCUT2D eigenvalue weighted by atomic mass is 79.9. The zero-order chi connectivity index (χ0) is 13.9. The molecule has 1 fully saturated rings. The number of rotatable bonds is 5. The van der Waals surface area contributed by atoms with Gasteiger partial charge in [-0.05, 0) is 38.7 Å². The summed E-state index contributed by atoms with van der Waals surface area (Å²) in [4.78, 5) is 15.0. The zero-order valence-corrected chi connectivity index (χ0v) is 13.3. The van der Waals surface area contributed by atoms with Gasteiger partial charge in [0.2, 0.25) is 5.91 Å². The summed E-state index contributed by atoms with van der Waals surface area (Å²) < 4.78 is 0. The van der Waals surface area contributed by atoms with E-state index in [0.29, 0.717) is 6.04 Å². The van der Waals surface area contributed by atoms with E-state index >= 15 is 0 Å². The lowest BCUT2D eigenvalue weighted by Crippen LogP contribution is -2.51. The van der Waals surface area contributed by atoms with E-state index in [0.717, 1.165) is 30.3 Å². The lowest BCUT2D eigenvalue weighted by Gasteiger charge is -2.41. The van der Waals surface area contributed by atoms with Crippen LogP contribution in [-0.2, 0) is 10.2 Å². The molecule has 2 rings (SSSR count). The molecule has 0 atom stereocenters. The summed E-state index contributed by atoms with van der Waals surface area (Å²) in [6, 6.07) is 10.5. The minimum absolute atomic E-state index is 0.253. The van der Waals surface area contributed by atoms with Crippen LogP contribution < -0.4 is 0 Å². The van der Waals surface area contributed by atoms with Gasteiger partial charge in [0.25, 0.3) is 0 Å². The van der Waals surface area contributed by atoms with E-state index in [2.05, 4.69) is 20.8 Å². The van der Waals surface area contributed by atoms with Gasteiger partial charge in [0.15, 0.2) is 0 Å². The van der Waals surface area contributed by atoms with Gasteiger partial charge in [-0.2, -0.15) is 0 Å². The molecule has 0 spiro atoms. The molecule has 1 amide bonds. The number of alkyl halides is 1. The van der Waals surface area contributed by atoms with Crippen molar-refractivity contribution in [1.82, 2.24) is 4.90 Å². The van der Waals surface area contributed by atoms with Crippen molar-refractivity contribution in [1.29, 1.82) is 0 Å². The molecular weight excluding hydrogens is 302 g/mol. The molecule has 19 heavy (non-hydrogen) atoms. The second kappa shape index (κ2) is 6.08. The van der Waals surface area contributed by atoms with Crippen molar-refractivity contribution in [2.45, 2.75) is 44.6 Å². The van der Waals surface area contributed by atoms with Gasteiger partial charge in [0.1, 0.15) is 0 Å². The van der Waals surface area contributed by atoms with Crippen LogP contribution in [0.25, 0.3) is 0 Å². The molecule has 0 aromatic heterocycles. The van der Waals surface area contributed by atoms with E-state index in [1.54, 1.807) is 0 Å². The summed E-state index contributed by atoms with van der Waals surface area (Å²) in [5.41, 5.74) is 0.651. The molecule has 0 unspecified atom stereocenters. The van der Waals surface area contributed by atoms with Crippen LogP contribution in [0, 0.1) is 0 Å². The fourth-order valence-electron chi connectivity index (χ4n) is 2.58. The second-order valence-corrected chi connectivity index (χ2v) is 6.56. The van der Waals surface area contributed by atoms with Crippen molar-refractivity contribution < 1.29 is 4.79 Å². The molecule has 0 aliphatic heterocycles. The van der Waals surface area contributed by atoms with Crippen molar-refractivity contribution >= 4 is 21.8 Å². The van der Waals surface area contributed by atoms with Crippen molar-refractivity contribution in [3.63, 3.8) is 0 Å². The van der Waals surface area contributed by atoms with Crippen LogP contribution in [0.15, 0.2) is 30.3 Å². The summed E-state index contributed by atoms with van der Waals surface area (Å²) >= 11 is 3.47. The Morgan fingerprint density at radius 2 is 1.95 bits per heavy atom. The minimum Gasteiger partial charge on any atom is -0.338 e. The first-order valence-corrected chi connectivity index (χ1v) is 8.12. The molecule has 1 aliphatic rings. The molecular formula is C16H22BrNO. The lowest BCUT2D eigenvalue weighted by molar-refractivity contribution is -0.140. The van der Waals surface area contributed by atoms with E-state index in [4.69, 9.17) is 0 Å². The van der Waals surface area contributed by atoms with Gasteiger partial charge in [-0.15, -0.1) is 0 Å². The summed E-state index contributed by atoms with van der Waals surface area (Å²) in [7, 11) is 0. The molecule has 2 nitrogen and oxygen atoms in total. The molecule has 3 heteroatoms. The van der Waals surface area contributed by atoms with Crippen LogP contribution in [0.3, 0.4) is 0 Å². The fraction of sp³-hybridized carbons (Fsp3) is 0.562. The summed E-state index contributed by atoms with van der Waals surface area (Å²) in [6.45, 7) is 4.87. The van der Waals surface area contributed by atoms with Gasteiger partial charge in [0.05, 0.1) is 5.41 Å². The molecule has 1 aromatic carbocycles. The van der Waals surface area contributed by atoms with Crippen LogP contribution in [-0.4, -0.2) is 28.7 Å². The topological polar surface area (TPSA) is 20.3 Å². The van der Waals surface area contributed by atoms with Gasteiger partial charge >= 0.3 is 0 Å². The summed E-state index contributed by atoms with van der Waals surface area (Å²) in [5.74, 6) is 0.253. The maximum Gasteiger partial charge on any atom is 0.232 e. The molecule has 0 bridgehead atoms. The van der Waals surface area contributed by atoms with Crippen LogP contribution in [0.4, 0.5) is 0 Å². The third-order valence-corrected chi connectivity index (χ3v) is 4.49. The van der Waals surface area contributed by atoms with Crippen molar-refractivity contribution in [2.75, 3.05) is 11.9 Å². The largest absolute Gasteiger partial charge is 0.338 e. The van der Waals surface area contributed by atoms with E-state index in [-0.39, 0.29) is 5.91 Å². The first kappa shape index (κ1) is 14.6. The minimum atomic E-state index is -0.445. The molecule has 0 radical (unpaired) electrons. The van der Waals surface area contributed by atoms with Gasteiger partial charge in [0, 0.05) is 17.9 Å². The number of hydrogen-bond acceptors (Lipinski definition) is 1. The number of carbonyl (C=O) groups excluding carboxylic acids is 1. The summed E-state index contributed by atoms with van der Waals surface area (Å²) in [6.07, 6.45) is 3.57. The lowest BCUT2D eigenvalue weighted by atomic mass is 9.81. The Hall–Kier alpha value is -0.830. The number of amides is 1. The van der Waals surface area contributed by atoms with Crippen LogP contribution in [0.1, 0.15) is 38.7 Å². The number of carbonyl (C=O) groups is 1. The number of hydrogen-bond donors (Lipinski definition) is 0. The van der Waals surface area contributed by atoms with Crippen molar-refractivity contribution in [3.05, 3.63) is 35.9 Å².